The fourth-order valence-electron chi connectivity index (χ4n) is 1.22. The summed E-state index contributed by atoms with van der Waals surface area (Å²) in [5, 5.41) is 8.77. The first-order chi connectivity index (χ1) is 4.54. The van der Waals surface area contributed by atoms with Crippen LogP contribution in [0.2, 0.25) is 0 Å². The lowest BCUT2D eigenvalue weighted by Crippen LogP contribution is -2.44. The second kappa shape index (κ2) is 2.51. The molecule has 10 heavy (non-hydrogen) atoms. The predicted octanol–water partition coefficient (Wildman–Crippen LogP) is 1.10. The first-order valence-electron chi connectivity index (χ1n) is 3.43. The zero-order valence-corrected chi connectivity index (χ0v) is 6.69. The summed E-state index contributed by atoms with van der Waals surface area (Å²) in [4.78, 5) is 10.9. The summed E-state index contributed by atoms with van der Waals surface area (Å²) in [6, 6.07) is 0. The molecule has 3 heteroatoms. The number of halogens is 1. The van der Waals surface area contributed by atoms with Gasteiger partial charge < -0.3 is 5.11 Å². The van der Waals surface area contributed by atoms with Crippen molar-refractivity contribution < 1.29 is 9.90 Å². The van der Waals surface area contributed by atoms with Crippen molar-refractivity contribution in [1.29, 1.82) is 0 Å². The van der Waals surface area contributed by atoms with Crippen LogP contribution in [0.4, 0.5) is 0 Å². The molecule has 1 fully saturated rings. The topological polar surface area (TPSA) is 37.3 Å². The van der Waals surface area contributed by atoms with E-state index in [1.165, 1.54) is 0 Å². The molecule has 58 valence electrons. The Balaban J connectivity index is 2.69. The van der Waals surface area contributed by atoms with E-state index < -0.39 is 11.0 Å². The Labute approximate surface area is 65.2 Å². The molecule has 0 spiro atoms. The number of hydrogen-bond acceptors (Lipinski definition) is 2. The quantitative estimate of drug-likeness (QED) is 0.542. The average molecular weight is 163 g/mol. The zero-order valence-electron chi connectivity index (χ0n) is 5.93. The summed E-state index contributed by atoms with van der Waals surface area (Å²) in [5.41, 5.74) is -0.975. The van der Waals surface area contributed by atoms with Crippen LogP contribution in [0.1, 0.15) is 26.2 Å². The van der Waals surface area contributed by atoms with Crippen molar-refractivity contribution in [3.05, 3.63) is 0 Å². The van der Waals surface area contributed by atoms with Crippen LogP contribution < -0.4 is 0 Å². The highest BCUT2D eigenvalue weighted by molar-refractivity contribution is 6.32. The molecule has 0 aliphatic heterocycles. The van der Waals surface area contributed by atoms with Gasteiger partial charge in [0.15, 0.2) is 5.78 Å². The standard InChI is InChI=1S/C7H11ClO2/c1-7(10)4-2-3-5(9)6(7)8/h6,10H,2-4H2,1H3. The number of alkyl halides is 1. The molecule has 0 aromatic rings. The van der Waals surface area contributed by atoms with Crippen LogP contribution in [0.3, 0.4) is 0 Å². The molecule has 1 aliphatic rings. The third-order valence-corrected chi connectivity index (χ3v) is 2.65. The number of ketones is 1. The number of aliphatic hydroxyl groups is 1. The van der Waals surface area contributed by atoms with Gasteiger partial charge in [0.1, 0.15) is 5.38 Å². The molecule has 0 aromatic carbocycles. The van der Waals surface area contributed by atoms with Crippen LogP contribution in [0.15, 0.2) is 0 Å². The van der Waals surface area contributed by atoms with Crippen molar-refractivity contribution in [1.82, 2.24) is 0 Å². The van der Waals surface area contributed by atoms with Crippen molar-refractivity contribution in [2.75, 3.05) is 0 Å². The maximum Gasteiger partial charge on any atom is 0.153 e. The summed E-state index contributed by atoms with van der Waals surface area (Å²) < 4.78 is 0. The summed E-state index contributed by atoms with van der Waals surface area (Å²) in [6.45, 7) is 1.61. The molecule has 2 atom stereocenters. The zero-order chi connectivity index (χ0) is 7.78. The van der Waals surface area contributed by atoms with Gasteiger partial charge in [0.2, 0.25) is 0 Å². The molecular weight excluding hydrogens is 152 g/mol. The molecule has 0 saturated heterocycles. The molecule has 1 N–H and O–H groups in total. The number of carbonyl (C=O) groups is 1. The van der Waals surface area contributed by atoms with E-state index in [-0.39, 0.29) is 5.78 Å². The Morgan fingerprint density at radius 3 is 2.80 bits per heavy atom. The molecule has 1 rings (SSSR count). The van der Waals surface area contributed by atoms with Crippen LogP contribution in [0.25, 0.3) is 0 Å². The summed E-state index contributed by atoms with van der Waals surface area (Å²) in [6.07, 6.45) is 1.91. The Kier molecular flexibility index (Phi) is 2.02. The lowest BCUT2D eigenvalue weighted by Gasteiger charge is -2.31. The van der Waals surface area contributed by atoms with Crippen LogP contribution in [-0.4, -0.2) is 21.9 Å². The second-order valence-corrected chi connectivity index (χ2v) is 3.48. The van der Waals surface area contributed by atoms with Gasteiger partial charge in [-0.25, -0.2) is 0 Å². The van der Waals surface area contributed by atoms with E-state index in [1.54, 1.807) is 6.92 Å². The first-order valence-corrected chi connectivity index (χ1v) is 3.87. The van der Waals surface area contributed by atoms with Gasteiger partial charge in [0.05, 0.1) is 5.60 Å². The van der Waals surface area contributed by atoms with Gasteiger partial charge >= 0.3 is 0 Å². The number of rotatable bonds is 0. The smallest absolute Gasteiger partial charge is 0.153 e. The predicted molar refractivity (Wildman–Crippen MR) is 39.1 cm³/mol. The van der Waals surface area contributed by atoms with Crippen LogP contribution >= 0.6 is 11.6 Å². The van der Waals surface area contributed by atoms with Crippen LogP contribution in [-0.2, 0) is 4.79 Å². The van der Waals surface area contributed by atoms with E-state index >= 15 is 0 Å². The molecule has 0 radical (unpaired) electrons. The summed E-state index contributed by atoms with van der Waals surface area (Å²) in [5.74, 6) is -0.0297. The molecular formula is C7H11ClO2. The van der Waals surface area contributed by atoms with Gasteiger partial charge in [-0.15, -0.1) is 11.6 Å². The van der Waals surface area contributed by atoms with Crippen molar-refractivity contribution in [3.8, 4) is 0 Å². The number of carbonyl (C=O) groups excluding carboxylic acids is 1. The van der Waals surface area contributed by atoms with Gasteiger partial charge in [-0.05, 0) is 19.8 Å². The number of Topliss-reactive ketones (excluding diaryl/α,β-unsaturated/α-hetero) is 1. The van der Waals surface area contributed by atoms with Crippen molar-refractivity contribution in [2.24, 2.45) is 0 Å². The lowest BCUT2D eigenvalue weighted by atomic mass is 9.85. The lowest BCUT2D eigenvalue weighted by molar-refractivity contribution is -0.126. The second-order valence-electron chi connectivity index (χ2n) is 3.04. The van der Waals surface area contributed by atoms with E-state index in [9.17, 15) is 9.90 Å². The maximum atomic E-state index is 10.9. The average Bonchev–Trinajstić information content (AvgIpc) is 1.83. The van der Waals surface area contributed by atoms with E-state index in [2.05, 4.69) is 0 Å². The molecule has 0 bridgehead atoms. The summed E-state index contributed by atoms with van der Waals surface area (Å²) >= 11 is 5.66. The van der Waals surface area contributed by atoms with Gasteiger partial charge in [-0.3, -0.25) is 4.79 Å². The van der Waals surface area contributed by atoms with E-state index in [0.717, 1.165) is 6.42 Å². The SMILES string of the molecule is CC1(O)CCCC(=O)C1Cl. The fraction of sp³-hybridized carbons (Fsp3) is 0.857. The Morgan fingerprint density at radius 2 is 2.40 bits per heavy atom. The molecule has 0 heterocycles. The summed E-state index contributed by atoms with van der Waals surface area (Å²) in [7, 11) is 0. The van der Waals surface area contributed by atoms with Gasteiger partial charge in [0.25, 0.3) is 0 Å². The maximum absolute atomic E-state index is 10.9. The first kappa shape index (κ1) is 8.02. The van der Waals surface area contributed by atoms with Crippen molar-refractivity contribution in [3.63, 3.8) is 0 Å². The molecule has 2 nitrogen and oxygen atoms in total. The molecule has 0 amide bonds. The molecule has 2 unspecified atom stereocenters. The number of hydrogen-bond donors (Lipinski definition) is 1. The van der Waals surface area contributed by atoms with E-state index in [4.69, 9.17) is 11.6 Å². The Hall–Kier alpha value is -0.0800. The van der Waals surface area contributed by atoms with Crippen molar-refractivity contribution in [2.45, 2.75) is 37.2 Å². The van der Waals surface area contributed by atoms with E-state index in [0.29, 0.717) is 12.8 Å². The molecule has 0 aromatic heterocycles. The minimum atomic E-state index is -0.975. The highest BCUT2D eigenvalue weighted by Crippen LogP contribution is 2.29. The fourth-order valence-corrected chi connectivity index (χ4v) is 1.44. The minimum Gasteiger partial charge on any atom is -0.388 e. The monoisotopic (exact) mass is 162 g/mol. The van der Waals surface area contributed by atoms with Gasteiger partial charge in [-0.1, -0.05) is 0 Å². The Morgan fingerprint density at radius 1 is 1.80 bits per heavy atom. The third-order valence-electron chi connectivity index (χ3n) is 1.93. The largest absolute Gasteiger partial charge is 0.388 e. The van der Waals surface area contributed by atoms with E-state index in [1.807, 2.05) is 0 Å². The molecule has 1 saturated carbocycles. The minimum absolute atomic E-state index is 0.0297. The molecule has 1 aliphatic carbocycles. The van der Waals surface area contributed by atoms with Gasteiger partial charge in [0, 0.05) is 6.42 Å². The highest BCUT2D eigenvalue weighted by atomic mass is 35.5. The van der Waals surface area contributed by atoms with Crippen LogP contribution in [0.5, 0.6) is 0 Å². The van der Waals surface area contributed by atoms with Gasteiger partial charge in [-0.2, -0.15) is 0 Å². The Bertz CT molecular complexity index is 154. The van der Waals surface area contributed by atoms with Crippen molar-refractivity contribution >= 4 is 17.4 Å². The third kappa shape index (κ3) is 1.32. The van der Waals surface area contributed by atoms with Crippen LogP contribution in [0, 0.1) is 0 Å². The highest BCUT2D eigenvalue weighted by Gasteiger charge is 2.38. The normalized spacial score (nSPS) is 41.9.